The molecular weight excluding hydrogens is 240 g/mol. The summed E-state index contributed by atoms with van der Waals surface area (Å²) < 4.78 is 5.57. The van der Waals surface area contributed by atoms with Gasteiger partial charge in [-0.3, -0.25) is 4.79 Å². The average molecular weight is 258 g/mol. The van der Waals surface area contributed by atoms with Crippen LogP contribution in [-0.4, -0.2) is 25.0 Å². The number of rotatable bonds is 3. The molecule has 1 aromatic heterocycles. The Morgan fingerprint density at radius 2 is 2.32 bits per heavy atom. The molecule has 1 amide bonds. The van der Waals surface area contributed by atoms with Gasteiger partial charge in [0.05, 0.1) is 0 Å². The third-order valence-corrected chi connectivity index (χ3v) is 3.81. The molecular formula is C15H18N2O2. The van der Waals surface area contributed by atoms with E-state index in [4.69, 9.17) is 4.42 Å². The lowest BCUT2D eigenvalue weighted by atomic mass is 10.0. The van der Waals surface area contributed by atoms with E-state index in [1.54, 1.807) is 6.07 Å². The molecule has 0 bridgehead atoms. The monoisotopic (exact) mass is 258 g/mol. The predicted molar refractivity (Wildman–Crippen MR) is 74.1 cm³/mol. The number of furan rings is 1. The largest absolute Gasteiger partial charge is 0.451 e. The second-order valence-electron chi connectivity index (χ2n) is 5.16. The van der Waals surface area contributed by atoms with Crippen LogP contribution in [0.1, 0.15) is 23.9 Å². The van der Waals surface area contributed by atoms with E-state index in [0.29, 0.717) is 11.7 Å². The van der Waals surface area contributed by atoms with Crippen LogP contribution < -0.4 is 10.6 Å². The van der Waals surface area contributed by atoms with E-state index in [1.165, 1.54) is 0 Å². The molecule has 19 heavy (non-hydrogen) atoms. The summed E-state index contributed by atoms with van der Waals surface area (Å²) in [6.07, 6.45) is 1.11. The van der Waals surface area contributed by atoms with Crippen LogP contribution in [0.3, 0.4) is 0 Å². The van der Waals surface area contributed by atoms with Crippen molar-refractivity contribution in [2.75, 3.05) is 13.1 Å². The van der Waals surface area contributed by atoms with Crippen molar-refractivity contribution < 1.29 is 9.21 Å². The minimum absolute atomic E-state index is 0.129. The van der Waals surface area contributed by atoms with Crippen molar-refractivity contribution in [3.8, 4) is 0 Å². The average Bonchev–Trinajstić information content (AvgIpc) is 3.07. The summed E-state index contributed by atoms with van der Waals surface area (Å²) in [6, 6.07) is 9.61. The summed E-state index contributed by atoms with van der Waals surface area (Å²) >= 11 is 0. The second kappa shape index (κ2) is 5.05. The highest BCUT2D eigenvalue weighted by Gasteiger charge is 2.23. The third kappa shape index (κ3) is 2.49. The van der Waals surface area contributed by atoms with Crippen LogP contribution in [0.2, 0.25) is 0 Å². The second-order valence-corrected chi connectivity index (χ2v) is 5.16. The fourth-order valence-corrected chi connectivity index (χ4v) is 2.59. The highest BCUT2D eigenvalue weighted by molar-refractivity contribution is 5.96. The Labute approximate surface area is 112 Å². The zero-order valence-corrected chi connectivity index (χ0v) is 11.0. The van der Waals surface area contributed by atoms with Crippen molar-refractivity contribution in [1.29, 1.82) is 0 Å². The standard InChI is InChI=1S/C15H18N2O2/c1-10(12-6-7-16-9-12)17-15(18)14-8-11-4-2-3-5-13(11)19-14/h2-5,8,10,12,16H,6-7,9H2,1H3,(H,17,18). The minimum atomic E-state index is -0.129. The molecule has 1 saturated heterocycles. The van der Waals surface area contributed by atoms with Crippen molar-refractivity contribution in [1.82, 2.24) is 10.6 Å². The SMILES string of the molecule is CC(NC(=O)c1cc2ccccc2o1)C1CCNC1. The molecule has 4 nitrogen and oxygen atoms in total. The van der Waals surface area contributed by atoms with Gasteiger partial charge < -0.3 is 15.1 Å². The van der Waals surface area contributed by atoms with Gasteiger partial charge in [0, 0.05) is 11.4 Å². The van der Waals surface area contributed by atoms with Gasteiger partial charge >= 0.3 is 0 Å². The van der Waals surface area contributed by atoms with Crippen LogP contribution in [0.5, 0.6) is 0 Å². The van der Waals surface area contributed by atoms with Gasteiger partial charge in [-0.1, -0.05) is 18.2 Å². The fourth-order valence-electron chi connectivity index (χ4n) is 2.59. The Kier molecular flexibility index (Phi) is 3.25. The van der Waals surface area contributed by atoms with Crippen LogP contribution in [0, 0.1) is 5.92 Å². The number of carbonyl (C=O) groups excluding carboxylic acids is 1. The van der Waals surface area contributed by atoms with Crippen LogP contribution in [0.25, 0.3) is 11.0 Å². The Morgan fingerprint density at radius 3 is 3.05 bits per heavy atom. The van der Waals surface area contributed by atoms with Crippen LogP contribution in [0.4, 0.5) is 0 Å². The molecule has 4 heteroatoms. The van der Waals surface area contributed by atoms with Gasteiger partial charge in [0.15, 0.2) is 5.76 Å². The maximum atomic E-state index is 12.2. The molecule has 3 rings (SSSR count). The molecule has 2 N–H and O–H groups in total. The molecule has 0 saturated carbocycles. The summed E-state index contributed by atoms with van der Waals surface area (Å²) in [7, 11) is 0. The van der Waals surface area contributed by atoms with E-state index in [-0.39, 0.29) is 11.9 Å². The quantitative estimate of drug-likeness (QED) is 0.887. The van der Waals surface area contributed by atoms with Crippen LogP contribution >= 0.6 is 0 Å². The molecule has 100 valence electrons. The van der Waals surface area contributed by atoms with Gasteiger partial charge in [-0.25, -0.2) is 0 Å². The number of hydrogen-bond donors (Lipinski definition) is 2. The third-order valence-electron chi connectivity index (χ3n) is 3.81. The summed E-state index contributed by atoms with van der Waals surface area (Å²) in [4.78, 5) is 12.2. The van der Waals surface area contributed by atoms with Gasteiger partial charge in [-0.2, -0.15) is 0 Å². The lowest BCUT2D eigenvalue weighted by Gasteiger charge is -2.18. The van der Waals surface area contributed by atoms with E-state index in [0.717, 1.165) is 30.5 Å². The molecule has 2 atom stereocenters. The van der Waals surface area contributed by atoms with E-state index in [1.807, 2.05) is 24.3 Å². The van der Waals surface area contributed by atoms with E-state index in [9.17, 15) is 4.79 Å². The van der Waals surface area contributed by atoms with Crippen molar-refractivity contribution >= 4 is 16.9 Å². The lowest BCUT2D eigenvalue weighted by Crippen LogP contribution is -2.38. The Balaban J connectivity index is 1.72. The molecule has 0 radical (unpaired) electrons. The number of amides is 1. The zero-order valence-electron chi connectivity index (χ0n) is 11.0. The molecule has 1 aliphatic heterocycles. The highest BCUT2D eigenvalue weighted by atomic mass is 16.3. The molecule has 0 spiro atoms. The van der Waals surface area contributed by atoms with Crippen LogP contribution in [0.15, 0.2) is 34.7 Å². The van der Waals surface area contributed by atoms with Gasteiger partial charge in [-0.05, 0) is 44.5 Å². The Hall–Kier alpha value is -1.81. The Bertz CT molecular complexity index is 552. The topological polar surface area (TPSA) is 54.3 Å². The summed E-state index contributed by atoms with van der Waals surface area (Å²) in [5, 5.41) is 7.30. The molecule has 2 heterocycles. The van der Waals surface area contributed by atoms with Gasteiger partial charge in [0.25, 0.3) is 5.91 Å². The Morgan fingerprint density at radius 1 is 1.47 bits per heavy atom. The normalized spacial score (nSPS) is 20.6. The first-order valence-corrected chi connectivity index (χ1v) is 6.74. The first-order chi connectivity index (χ1) is 9.24. The van der Waals surface area contributed by atoms with E-state index in [2.05, 4.69) is 17.6 Å². The number of hydrogen-bond acceptors (Lipinski definition) is 3. The number of fused-ring (bicyclic) bond motifs is 1. The van der Waals surface area contributed by atoms with Crippen molar-refractivity contribution in [2.24, 2.45) is 5.92 Å². The lowest BCUT2D eigenvalue weighted by molar-refractivity contribution is 0.0903. The minimum Gasteiger partial charge on any atom is -0.451 e. The molecule has 0 aliphatic carbocycles. The molecule has 1 aromatic carbocycles. The number of nitrogens with one attached hydrogen (secondary N) is 2. The number of benzene rings is 1. The maximum absolute atomic E-state index is 12.2. The molecule has 1 aliphatic rings. The number of carbonyl (C=O) groups is 1. The zero-order chi connectivity index (χ0) is 13.2. The summed E-state index contributed by atoms with van der Waals surface area (Å²) in [5.74, 6) is 0.767. The van der Waals surface area contributed by atoms with Crippen molar-refractivity contribution in [3.63, 3.8) is 0 Å². The maximum Gasteiger partial charge on any atom is 0.287 e. The highest BCUT2D eigenvalue weighted by Crippen LogP contribution is 2.19. The first kappa shape index (κ1) is 12.2. The molecule has 1 fully saturated rings. The predicted octanol–water partition coefficient (Wildman–Crippen LogP) is 2.16. The molecule has 2 unspecified atom stereocenters. The van der Waals surface area contributed by atoms with E-state index < -0.39 is 0 Å². The fraction of sp³-hybridized carbons (Fsp3) is 0.400. The van der Waals surface area contributed by atoms with Gasteiger partial charge in [0.1, 0.15) is 5.58 Å². The molecule has 2 aromatic rings. The van der Waals surface area contributed by atoms with E-state index >= 15 is 0 Å². The van der Waals surface area contributed by atoms with Gasteiger partial charge in [0.2, 0.25) is 0 Å². The first-order valence-electron chi connectivity index (χ1n) is 6.74. The van der Waals surface area contributed by atoms with Crippen LogP contribution in [-0.2, 0) is 0 Å². The van der Waals surface area contributed by atoms with Gasteiger partial charge in [-0.15, -0.1) is 0 Å². The summed E-state index contributed by atoms with van der Waals surface area (Å²) in [6.45, 7) is 4.06. The number of para-hydroxylation sites is 1. The van der Waals surface area contributed by atoms with Crippen molar-refractivity contribution in [3.05, 3.63) is 36.1 Å². The summed E-state index contributed by atoms with van der Waals surface area (Å²) in [5.41, 5.74) is 0.753. The van der Waals surface area contributed by atoms with Crippen molar-refractivity contribution in [2.45, 2.75) is 19.4 Å². The smallest absolute Gasteiger partial charge is 0.287 e.